The minimum atomic E-state index is -0.583. The van der Waals surface area contributed by atoms with E-state index in [0.717, 1.165) is 6.07 Å². The molecule has 108 valence electrons. The fourth-order valence-corrected chi connectivity index (χ4v) is 2.54. The van der Waals surface area contributed by atoms with E-state index in [2.05, 4.69) is 15.9 Å². The van der Waals surface area contributed by atoms with Crippen molar-refractivity contribution in [2.24, 2.45) is 0 Å². The molecule has 1 aromatic rings. The molecule has 1 heterocycles. The van der Waals surface area contributed by atoms with E-state index < -0.39 is 5.82 Å². The minimum Gasteiger partial charge on any atom is -0.396 e. The van der Waals surface area contributed by atoms with Crippen LogP contribution in [-0.2, 0) is 4.79 Å². The molecule has 2 amide bonds. The Bertz CT molecular complexity index is 565. The van der Waals surface area contributed by atoms with Gasteiger partial charge in [0.05, 0.1) is 11.3 Å². The number of anilines is 1. The molecule has 0 saturated carbocycles. The van der Waals surface area contributed by atoms with Gasteiger partial charge in [-0.2, -0.15) is 0 Å². The van der Waals surface area contributed by atoms with Crippen LogP contribution >= 0.6 is 15.9 Å². The van der Waals surface area contributed by atoms with E-state index in [9.17, 15) is 14.0 Å². The van der Waals surface area contributed by atoms with Crippen molar-refractivity contribution in [1.29, 1.82) is 0 Å². The number of likely N-dealkylation sites (N-methyl/N-ethyl adjacent to an activating group) is 1. The zero-order valence-corrected chi connectivity index (χ0v) is 12.6. The van der Waals surface area contributed by atoms with Crippen LogP contribution in [0.5, 0.6) is 0 Å². The van der Waals surface area contributed by atoms with Gasteiger partial charge in [0.25, 0.3) is 5.91 Å². The molecule has 2 N–H and O–H groups in total. The fourth-order valence-electron chi connectivity index (χ4n) is 2.06. The smallest absolute Gasteiger partial charge is 0.255 e. The highest BCUT2D eigenvalue weighted by Gasteiger charge is 2.25. The molecular weight excluding hydrogens is 329 g/mol. The summed E-state index contributed by atoms with van der Waals surface area (Å²) in [4.78, 5) is 27.3. The molecule has 1 aromatic carbocycles. The van der Waals surface area contributed by atoms with Gasteiger partial charge in [-0.1, -0.05) is 0 Å². The molecule has 0 radical (unpaired) electrons. The highest BCUT2D eigenvalue weighted by atomic mass is 79.9. The number of nitrogen functional groups attached to an aromatic ring is 1. The summed E-state index contributed by atoms with van der Waals surface area (Å²) in [5, 5.41) is 0. The summed E-state index contributed by atoms with van der Waals surface area (Å²) in [6.45, 7) is 1.13. The molecule has 1 fully saturated rings. The van der Waals surface area contributed by atoms with Crippen molar-refractivity contribution in [3.8, 4) is 0 Å². The summed E-state index contributed by atoms with van der Waals surface area (Å²) >= 11 is 3.16. The number of nitrogens with two attached hydrogens (primary N) is 1. The van der Waals surface area contributed by atoms with E-state index >= 15 is 0 Å². The third-order valence-corrected chi connectivity index (χ3v) is 3.93. The number of benzene rings is 1. The topological polar surface area (TPSA) is 66.6 Å². The number of amides is 2. The van der Waals surface area contributed by atoms with Crippen LogP contribution in [0.25, 0.3) is 0 Å². The first kappa shape index (κ1) is 14.8. The first-order valence-electron chi connectivity index (χ1n) is 6.18. The van der Waals surface area contributed by atoms with Crippen LogP contribution in [0.4, 0.5) is 10.1 Å². The highest BCUT2D eigenvalue weighted by molar-refractivity contribution is 9.10. The lowest BCUT2D eigenvalue weighted by Gasteiger charge is -2.20. The molecule has 0 bridgehead atoms. The summed E-state index contributed by atoms with van der Waals surface area (Å²) in [5.41, 5.74) is 5.67. The van der Waals surface area contributed by atoms with Crippen LogP contribution in [0.15, 0.2) is 16.6 Å². The maximum absolute atomic E-state index is 13.3. The van der Waals surface area contributed by atoms with Crippen LogP contribution in [0.2, 0.25) is 0 Å². The maximum Gasteiger partial charge on any atom is 0.255 e. The second-order valence-electron chi connectivity index (χ2n) is 4.75. The summed E-state index contributed by atoms with van der Waals surface area (Å²) in [6.07, 6.45) is 0.711. The summed E-state index contributed by atoms with van der Waals surface area (Å²) in [5.74, 6) is -1.02. The summed E-state index contributed by atoms with van der Waals surface area (Å²) in [7, 11) is 1.71. The second-order valence-corrected chi connectivity index (χ2v) is 5.60. The van der Waals surface area contributed by atoms with Gasteiger partial charge in [-0.3, -0.25) is 9.59 Å². The van der Waals surface area contributed by atoms with Gasteiger partial charge >= 0.3 is 0 Å². The van der Waals surface area contributed by atoms with Crippen LogP contribution in [0, 0.1) is 5.82 Å². The molecule has 0 aliphatic carbocycles. The third kappa shape index (κ3) is 2.92. The Morgan fingerprint density at radius 3 is 2.80 bits per heavy atom. The molecule has 0 atom stereocenters. The lowest BCUT2D eigenvalue weighted by molar-refractivity contribution is -0.129. The van der Waals surface area contributed by atoms with E-state index in [4.69, 9.17) is 5.73 Å². The van der Waals surface area contributed by atoms with Gasteiger partial charge in [0, 0.05) is 24.6 Å². The largest absolute Gasteiger partial charge is 0.396 e. The van der Waals surface area contributed by atoms with Gasteiger partial charge in [-0.25, -0.2) is 4.39 Å². The Morgan fingerprint density at radius 2 is 2.10 bits per heavy atom. The lowest BCUT2D eigenvalue weighted by atomic mass is 10.1. The van der Waals surface area contributed by atoms with Gasteiger partial charge in [0.1, 0.15) is 12.4 Å². The molecule has 20 heavy (non-hydrogen) atoms. The van der Waals surface area contributed by atoms with Crippen molar-refractivity contribution in [2.45, 2.75) is 6.42 Å². The van der Waals surface area contributed by atoms with Crippen molar-refractivity contribution in [2.75, 3.05) is 32.4 Å². The Hall–Kier alpha value is -1.63. The maximum atomic E-state index is 13.3. The lowest BCUT2D eigenvalue weighted by Crippen LogP contribution is -2.38. The van der Waals surface area contributed by atoms with Crippen molar-refractivity contribution in [1.82, 2.24) is 9.80 Å². The van der Waals surface area contributed by atoms with E-state index in [1.54, 1.807) is 11.9 Å². The van der Waals surface area contributed by atoms with Crippen LogP contribution in [-0.4, -0.2) is 48.3 Å². The first-order chi connectivity index (χ1) is 9.40. The van der Waals surface area contributed by atoms with E-state index in [1.165, 1.54) is 11.0 Å². The standard InChI is InChI=1S/C13H15BrFN3O2/c1-17-3-2-4-18(7-12(17)19)13(20)8-5-11(16)10(15)6-9(8)14/h5-6H,2-4,7,16H2,1H3. The zero-order chi connectivity index (χ0) is 14.9. The molecule has 1 saturated heterocycles. The molecule has 7 heteroatoms. The molecule has 0 unspecified atom stereocenters. The first-order valence-corrected chi connectivity index (χ1v) is 6.97. The van der Waals surface area contributed by atoms with E-state index in [1.807, 2.05) is 0 Å². The van der Waals surface area contributed by atoms with Crippen LogP contribution < -0.4 is 5.73 Å². The quantitative estimate of drug-likeness (QED) is 0.785. The normalized spacial score (nSPS) is 16.2. The Kier molecular flexibility index (Phi) is 4.27. The summed E-state index contributed by atoms with van der Waals surface area (Å²) < 4.78 is 13.6. The Labute approximate surface area is 124 Å². The number of hydrogen-bond donors (Lipinski definition) is 1. The van der Waals surface area contributed by atoms with E-state index in [0.29, 0.717) is 24.0 Å². The number of halogens is 2. The minimum absolute atomic E-state index is 0.0268. The molecule has 1 aliphatic heterocycles. The van der Waals surface area contributed by atoms with Gasteiger partial charge in [-0.05, 0) is 34.5 Å². The zero-order valence-electron chi connectivity index (χ0n) is 11.0. The summed E-state index contributed by atoms with van der Waals surface area (Å²) in [6, 6.07) is 2.45. The monoisotopic (exact) mass is 343 g/mol. The highest BCUT2D eigenvalue weighted by Crippen LogP contribution is 2.24. The SMILES string of the molecule is CN1CCCN(C(=O)c2cc(N)c(F)cc2Br)CC1=O. The fraction of sp³-hybridized carbons (Fsp3) is 0.385. The van der Waals surface area contributed by atoms with E-state index in [-0.39, 0.29) is 29.6 Å². The number of nitrogens with zero attached hydrogens (tertiary/aromatic N) is 2. The van der Waals surface area contributed by atoms with Crippen molar-refractivity contribution >= 4 is 33.4 Å². The predicted molar refractivity (Wildman–Crippen MR) is 76.7 cm³/mol. The second kappa shape index (κ2) is 5.78. The van der Waals surface area contributed by atoms with Gasteiger partial charge in [0.2, 0.25) is 5.91 Å². The third-order valence-electron chi connectivity index (χ3n) is 3.28. The number of carbonyl (C=O) groups excluding carboxylic acids is 2. The molecular formula is C13H15BrFN3O2. The average molecular weight is 344 g/mol. The molecule has 1 aliphatic rings. The Morgan fingerprint density at radius 1 is 1.40 bits per heavy atom. The number of carbonyl (C=O) groups is 2. The van der Waals surface area contributed by atoms with Gasteiger partial charge < -0.3 is 15.5 Å². The number of rotatable bonds is 1. The number of hydrogen-bond acceptors (Lipinski definition) is 3. The molecule has 0 spiro atoms. The van der Waals surface area contributed by atoms with Gasteiger partial charge in [0.15, 0.2) is 0 Å². The van der Waals surface area contributed by atoms with Gasteiger partial charge in [-0.15, -0.1) is 0 Å². The van der Waals surface area contributed by atoms with Crippen molar-refractivity contribution in [3.05, 3.63) is 28.0 Å². The predicted octanol–water partition coefficient (Wildman–Crippen LogP) is 1.47. The molecule has 2 rings (SSSR count). The van der Waals surface area contributed by atoms with Crippen LogP contribution in [0.1, 0.15) is 16.8 Å². The molecule has 0 aromatic heterocycles. The molecule has 5 nitrogen and oxygen atoms in total. The van der Waals surface area contributed by atoms with Crippen LogP contribution in [0.3, 0.4) is 0 Å². The Balaban J connectivity index is 2.27. The average Bonchev–Trinajstić information content (AvgIpc) is 2.56. The van der Waals surface area contributed by atoms with Crippen molar-refractivity contribution < 1.29 is 14.0 Å². The van der Waals surface area contributed by atoms with Crippen molar-refractivity contribution in [3.63, 3.8) is 0 Å².